The highest BCUT2D eigenvalue weighted by molar-refractivity contribution is 9.10. The van der Waals surface area contributed by atoms with Gasteiger partial charge in [0.15, 0.2) is 0 Å². The standard InChI is InChI=1S/C8H5Br2N3S/c9-5-1-3-6(4-2-5)11-8-12-7(10)13-14-8/h1-4H,(H,11,12,13). The molecule has 0 aliphatic rings. The first-order chi connectivity index (χ1) is 6.74. The average molecular weight is 335 g/mol. The summed E-state index contributed by atoms with van der Waals surface area (Å²) in [5.74, 6) is 0. The van der Waals surface area contributed by atoms with Crippen LogP contribution in [-0.2, 0) is 0 Å². The van der Waals surface area contributed by atoms with Gasteiger partial charge in [0.05, 0.1) is 0 Å². The van der Waals surface area contributed by atoms with E-state index in [2.05, 4.69) is 46.5 Å². The molecule has 72 valence electrons. The summed E-state index contributed by atoms with van der Waals surface area (Å²) in [7, 11) is 0. The smallest absolute Gasteiger partial charge is 0.210 e. The molecule has 0 radical (unpaired) electrons. The minimum absolute atomic E-state index is 0.613. The number of halogens is 2. The molecule has 1 aromatic carbocycles. The maximum absolute atomic E-state index is 4.13. The normalized spacial score (nSPS) is 10.1. The van der Waals surface area contributed by atoms with E-state index in [1.54, 1.807) is 0 Å². The van der Waals surface area contributed by atoms with Gasteiger partial charge in [0, 0.05) is 21.7 Å². The molecule has 0 unspecified atom stereocenters. The molecule has 0 bridgehead atoms. The van der Waals surface area contributed by atoms with Gasteiger partial charge in [-0.3, -0.25) is 0 Å². The predicted molar refractivity (Wildman–Crippen MR) is 65.0 cm³/mol. The SMILES string of the molecule is Brc1ccc(Nc2nc(Br)ns2)cc1. The molecule has 2 rings (SSSR count). The second-order valence-electron chi connectivity index (χ2n) is 2.50. The van der Waals surface area contributed by atoms with Crippen LogP contribution in [-0.4, -0.2) is 9.36 Å². The minimum atomic E-state index is 0.613. The van der Waals surface area contributed by atoms with Crippen molar-refractivity contribution in [3.05, 3.63) is 33.5 Å². The second-order valence-corrected chi connectivity index (χ2v) is 4.88. The summed E-state index contributed by atoms with van der Waals surface area (Å²) in [6.07, 6.45) is 0. The van der Waals surface area contributed by atoms with Gasteiger partial charge >= 0.3 is 0 Å². The van der Waals surface area contributed by atoms with Crippen LogP contribution in [0.1, 0.15) is 0 Å². The highest BCUT2D eigenvalue weighted by Gasteiger charge is 2.00. The molecule has 1 heterocycles. The molecule has 6 heteroatoms. The number of rotatable bonds is 2. The van der Waals surface area contributed by atoms with E-state index in [1.807, 2.05) is 24.3 Å². The summed E-state index contributed by atoms with van der Waals surface area (Å²) < 4.78 is 5.68. The largest absolute Gasteiger partial charge is 0.330 e. The molecule has 0 saturated carbocycles. The quantitative estimate of drug-likeness (QED) is 0.907. The Morgan fingerprint density at radius 3 is 2.43 bits per heavy atom. The van der Waals surface area contributed by atoms with E-state index in [1.165, 1.54) is 11.5 Å². The molecule has 0 saturated heterocycles. The van der Waals surface area contributed by atoms with E-state index in [9.17, 15) is 0 Å². The molecular weight excluding hydrogens is 330 g/mol. The molecule has 0 amide bonds. The summed E-state index contributed by atoms with van der Waals surface area (Å²) in [5, 5.41) is 3.92. The second kappa shape index (κ2) is 4.37. The molecule has 0 atom stereocenters. The molecule has 2 aromatic rings. The van der Waals surface area contributed by atoms with Crippen LogP contribution < -0.4 is 5.32 Å². The lowest BCUT2D eigenvalue weighted by atomic mass is 10.3. The Morgan fingerprint density at radius 1 is 1.14 bits per heavy atom. The third-order valence-corrected chi connectivity index (χ3v) is 3.25. The van der Waals surface area contributed by atoms with E-state index >= 15 is 0 Å². The Kier molecular flexibility index (Phi) is 3.15. The van der Waals surface area contributed by atoms with Crippen molar-refractivity contribution in [1.82, 2.24) is 9.36 Å². The van der Waals surface area contributed by atoms with Crippen molar-refractivity contribution in [2.45, 2.75) is 0 Å². The molecule has 0 spiro atoms. The predicted octanol–water partition coefficient (Wildman–Crippen LogP) is 3.81. The van der Waals surface area contributed by atoms with Gasteiger partial charge in [-0.25, -0.2) is 0 Å². The van der Waals surface area contributed by atoms with Gasteiger partial charge in [0.2, 0.25) is 9.87 Å². The lowest BCUT2D eigenvalue weighted by Gasteiger charge is -2.00. The molecule has 14 heavy (non-hydrogen) atoms. The maximum atomic E-state index is 4.13. The van der Waals surface area contributed by atoms with E-state index in [4.69, 9.17) is 0 Å². The highest BCUT2D eigenvalue weighted by atomic mass is 79.9. The van der Waals surface area contributed by atoms with Crippen LogP contribution in [0.15, 0.2) is 33.5 Å². The molecule has 0 aliphatic carbocycles. The lowest BCUT2D eigenvalue weighted by Crippen LogP contribution is -1.87. The van der Waals surface area contributed by atoms with Gasteiger partial charge < -0.3 is 5.32 Å². The first kappa shape index (κ1) is 10.1. The number of aromatic nitrogens is 2. The van der Waals surface area contributed by atoms with Crippen LogP contribution in [0.25, 0.3) is 0 Å². The monoisotopic (exact) mass is 333 g/mol. The van der Waals surface area contributed by atoms with Crippen molar-refractivity contribution in [2.75, 3.05) is 5.32 Å². The van der Waals surface area contributed by atoms with Gasteiger partial charge in [0.25, 0.3) is 0 Å². The minimum Gasteiger partial charge on any atom is -0.330 e. The lowest BCUT2D eigenvalue weighted by molar-refractivity contribution is 1.25. The molecular formula is C8H5Br2N3S. The van der Waals surface area contributed by atoms with Crippen molar-refractivity contribution in [3.8, 4) is 0 Å². The van der Waals surface area contributed by atoms with Crippen LogP contribution in [0.2, 0.25) is 0 Å². The zero-order valence-corrected chi connectivity index (χ0v) is 10.9. The third kappa shape index (κ3) is 2.52. The fourth-order valence-corrected chi connectivity index (χ4v) is 2.18. The van der Waals surface area contributed by atoms with Crippen molar-refractivity contribution < 1.29 is 0 Å². The number of nitrogens with one attached hydrogen (secondary N) is 1. The Bertz CT molecular complexity index is 426. The molecule has 1 aromatic heterocycles. The van der Waals surface area contributed by atoms with Crippen molar-refractivity contribution in [2.24, 2.45) is 0 Å². The van der Waals surface area contributed by atoms with Crippen LogP contribution in [0, 0.1) is 0 Å². The van der Waals surface area contributed by atoms with Gasteiger partial charge in [0.1, 0.15) is 0 Å². The Hall–Kier alpha value is -0.460. The van der Waals surface area contributed by atoms with Crippen molar-refractivity contribution >= 4 is 54.2 Å². The maximum Gasteiger partial charge on any atom is 0.210 e. The van der Waals surface area contributed by atoms with Gasteiger partial charge in [-0.1, -0.05) is 15.9 Å². The number of hydrogen-bond acceptors (Lipinski definition) is 4. The fourth-order valence-electron chi connectivity index (χ4n) is 0.913. The molecule has 1 N–H and O–H groups in total. The highest BCUT2D eigenvalue weighted by Crippen LogP contribution is 2.21. The summed E-state index contributed by atoms with van der Waals surface area (Å²) in [5.41, 5.74) is 0.997. The van der Waals surface area contributed by atoms with Crippen LogP contribution in [0.4, 0.5) is 10.8 Å². The van der Waals surface area contributed by atoms with Crippen LogP contribution >= 0.6 is 43.4 Å². The third-order valence-electron chi connectivity index (χ3n) is 1.50. The van der Waals surface area contributed by atoms with E-state index < -0.39 is 0 Å². The van der Waals surface area contributed by atoms with Crippen molar-refractivity contribution in [1.29, 1.82) is 0 Å². The van der Waals surface area contributed by atoms with E-state index in [0.29, 0.717) is 4.73 Å². The Morgan fingerprint density at radius 2 is 1.86 bits per heavy atom. The Labute approximate surface area is 102 Å². The molecule has 0 fully saturated rings. The zero-order valence-electron chi connectivity index (χ0n) is 6.87. The molecule has 0 aliphatic heterocycles. The summed E-state index contributed by atoms with van der Waals surface area (Å²) >= 11 is 7.89. The number of hydrogen-bond donors (Lipinski definition) is 1. The van der Waals surface area contributed by atoms with Crippen LogP contribution in [0.3, 0.4) is 0 Å². The zero-order chi connectivity index (χ0) is 9.97. The first-order valence-corrected chi connectivity index (χ1v) is 6.12. The van der Waals surface area contributed by atoms with Gasteiger partial charge in [-0.05, 0) is 40.2 Å². The number of benzene rings is 1. The number of anilines is 2. The number of nitrogens with zero attached hydrogens (tertiary/aromatic N) is 2. The Balaban J connectivity index is 2.15. The molecule has 3 nitrogen and oxygen atoms in total. The van der Waals surface area contributed by atoms with Gasteiger partial charge in [-0.15, -0.1) is 0 Å². The van der Waals surface area contributed by atoms with E-state index in [-0.39, 0.29) is 0 Å². The average Bonchev–Trinajstić information content (AvgIpc) is 2.56. The summed E-state index contributed by atoms with van der Waals surface area (Å²) in [4.78, 5) is 4.13. The fraction of sp³-hybridized carbons (Fsp3) is 0. The van der Waals surface area contributed by atoms with Crippen LogP contribution in [0.5, 0.6) is 0 Å². The topological polar surface area (TPSA) is 37.8 Å². The van der Waals surface area contributed by atoms with Gasteiger partial charge in [-0.2, -0.15) is 9.36 Å². The van der Waals surface area contributed by atoms with E-state index in [0.717, 1.165) is 15.3 Å². The summed E-state index contributed by atoms with van der Waals surface area (Å²) in [6.45, 7) is 0. The summed E-state index contributed by atoms with van der Waals surface area (Å²) in [6, 6.07) is 7.88. The first-order valence-electron chi connectivity index (χ1n) is 3.76. The van der Waals surface area contributed by atoms with Crippen molar-refractivity contribution in [3.63, 3.8) is 0 Å².